The summed E-state index contributed by atoms with van der Waals surface area (Å²) in [6.45, 7) is 2.77. The van der Waals surface area contributed by atoms with Crippen molar-refractivity contribution in [3.8, 4) is 0 Å². The van der Waals surface area contributed by atoms with Gasteiger partial charge in [0.2, 0.25) is 5.91 Å². The maximum absolute atomic E-state index is 12.1. The van der Waals surface area contributed by atoms with Crippen LogP contribution in [0.5, 0.6) is 0 Å². The summed E-state index contributed by atoms with van der Waals surface area (Å²) in [7, 11) is 0. The Balaban J connectivity index is 1.65. The summed E-state index contributed by atoms with van der Waals surface area (Å²) in [6.07, 6.45) is 7.80. The zero-order valence-corrected chi connectivity index (χ0v) is 12.7. The fourth-order valence-electron chi connectivity index (χ4n) is 2.81. The molecule has 3 nitrogen and oxygen atoms in total. The van der Waals surface area contributed by atoms with E-state index in [-0.39, 0.29) is 0 Å². The largest absolute Gasteiger partial charge is 0.378 e. The van der Waals surface area contributed by atoms with Crippen molar-refractivity contribution in [3.63, 3.8) is 0 Å². The Morgan fingerprint density at radius 2 is 2.00 bits per heavy atom. The lowest BCUT2D eigenvalue weighted by atomic mass is 9.98. The first kappa shape index (κ1) is 14.3. The van der Waals surface area contributed by atoms with E-state index in [0.29, 0.717) is 18.4 Å². The highest BCUT2D eigenvalue weighted by molar-refractivity contribution is 9.09. The molecule has 2 saturated heterocycles. The molecule has 1 unspecified atom stereocenters. The fourth-order valence-corrected chi connectivity index (χ4v) is 3.46. The molecule has 0 saturated carbocycles. The second-order valence-electron chi connectivity index (χ2n) is 5.51. The van der Waals surface area contributed by atoms with Crippen molar-refractivity contribution in [2.24, 2.45) is 5.92 Å². The Labute approximate surface area is 118 Å². The lowest BCUT2D eigenvalue weighted by Crippen LogP contribution is -2.39. The lowest BCUT2D eigenvalue weighted by molar-refractivity contribution is -0.133. The van der Waals surface area contributed by atoms with Crippen molar-refractivity contribution in [2.45, 2.75) is 51.0 Å². The van der Waals surface area contributed by atoms with E-state index < -0.39 is 0 Å². The SMILES string of the molecule is O=C(CCC1CCCCO1)N1CCC(CBr)CC1. The van der Waals surface area contributed by atoms with Gasteiger partial charge in [0.05, 0.1) is 6.10 Å². The summed E-state index contributed by atoms with van der Waals surface area (Å²) in [5.74, 6) is 1.09. The topological polar surface area (TPSA) is 29.5 Å². The van der Waals surface area contributed by atoms with E-state index in [4.69, 9.17) is 4.74 Å². The first-order valence-corrected chi connectivity index (χ1v) is 8.37. The number of rotatable bonds is 4. The molecule has 1 atom stereocenters. The maximum Gasteiger partial charge on any atom is 0.222 e. The second kappa shape index (κ2) is 7.49. The Bertz CT molecular complexity index is 259. The summed E-state index contributed by atoms with van der Waals surface area (Å²) in [5.41, 5.74) is 0. The highest BCUT2D eigenvalue weighted by atomic mass is 79.9. The molecule has 2 aliphatic heterocycles. The zero-order valence-electron chi connectivity index (χ0n) is 11.1. The van der Waals surface area contributed by atoms with Crippen molar-refractivity contribution in [3.05, 3.63) is 0 Å². The molecule has 2 fully saturated rings. The van der Waals surface area contributed by atoms with Crippen LogP contribution in [0.3, 0.4) is 0 Å². The van der Waals surface area contributed by atoms with E-state index in [2.05, 4.69) is 15.9 Å². The minimum absolute atomic E-state index is 0.331. The number of likely N-dealkylation sites (tertiary alicyclic amines) is 1. The normalized spacial score (nSPS) is 26.3. The van der Waals surface area contributed by atoms with Crippen molar-refractivity contribution < 1.29 is 9.53 Å². The van der Waals surface area contributed by atoms with Crippen LogP contribution in [0.2, 0.25) is 0 Å². The minimum Gasteiger partial charge on any atom is -0.378 e. The Hall–Kier alpha value is -0.0900. The third kappa shape index (κ3) is 4.23. The zero-order chi connectivity index (χ0) is 12.8. The third-order valence-corrected chi connectivity index (χ3v) is 5.06. The van der Waals surface area contributed by atoms with Crippen LogP contribution in [0, 0.1) is 5.92 Å². The van der Waals surface area contributed by atoms with Gasteiger partial charge < -0.3 is 9.64 Å². The van der Waals surface area contributed by atoms with Crippen LogP contribution in [0.1, 0.15) is 44.9 Å². The summed E-state index contributed by atoms with van der Waals surface area (Å²) in [6, 6.07) is 0. The van der Waals surface area contributed by atoms with Gasteiger partial charge in [0.25, 0.3) is 0 Å². The average Bonchev–Trinajstić information content (AvgIpc) is 2.46. The average molecular weight is 318 g/mol. The van der Waals surface area contributed by atoms with E-state index in [9.17, 15) is 4.79 Å². The van der Waals surface area contributed by atoms with E-state index >= 15 is 0 Å². The Morgan fingerprint density at radius 1 is 1.22 bits per heavy atom. The number of carbonyl (C=O) groups is 1. The van der Waals surface area contributed by atoms with Gasteiger partial charge in [-0.15, -0.1) is 0 Å². The van der Waals surface area contributed by atoms with Crippen molar-refractivity contribution in [1.82, 2.24) is 4.90 Å². The first-order chi connectivity index (χ1) is 8.79. The van der Waals surface area contributed by atoms with Gasteiger partial charge in [0.1, 0.15) is 0 Å². The minimum atomic E-state index is 0.331. The Morgan fingerprint density at radius 3 is 2.61 bits per heavy atom. The molecule has 0 aromatic rings. The number of amides is 1. The number of ether oxygens (including phenoxy) is 1. The predicted octanol–water partition coefficient (Wildman–Crippen LogP) is 2.97. The molecule has 18 heavy (non-hydrogen) atoms. The van der Waals surface area contributed by atoms with E-state index in [1.54, 1.807) is 0 Å². The molecule has 0 aliphatic carbocycles. The highest BCUT2D eigenvalue weighted by Gasteiger charge is 2.23. The molecule has 104 valence electrons. The number of halogens is 1. The maximum atomic E-state index is 12.1. The smallest absolute Gasteiger partial charge is 0.222 e. The van der Waals surface area contributed by atoms with Gasteiger partial charge in [-0.3, -0.25) is 4.79 Å². The van der Waals surface area contributed by atoms with Gasteiger partial charge in [-0.1, -0.05) is 15.9 Å². The number of hydrogen-bond donors (Lipinski definition) is 0. The van der Waals surface area contributed by atoms with Crippen LogP contribution in [-0.4, -0.2) is 41.9 Å². The quantitative estimate of drug-likeness (QED) is 0.746. The Kier molecular flexibility index (Phi) is 5.96. The molecule has 2 rings (SSSR count). The second-order valence-corrected chi connectivity index (χ2v) is 6.15. The number of alkyl halides is 1. The molecule has 0 N–H and O–H groups in total. The van der Waals surface area contributed by atoms with Gasteiger partial charge in [0.15, 0.2) is 0 Å². The lowest BCUT2D eigenvalue weighted by Gasteiger charge is -2.32. The standard InChI is InChI=1S/C14H24BrNO2/c15-11-12-6-8-16(9-7-12)14(17)5-4-13-3-1-2-10-18-13/h12-13H,1-11H2. The molecule has 0 aromatic carbocycles. The number of hydrogen-bond acceptors (Lipinski definition) is 2. The number of carbonyl (C=O) groups excluding carboxylic acids is 1. The molecular formula is C14H24BrNO2. The summed E-state index contributed by atoms with van der Waals surface area (Å²) >= 11 is 3.53. The van der Waals surface area contributed by atoms with Crippen LogP contribution in [0.25, 0.3) is 0 Å². The molecule has 2 heterocycles. The van der Waals surface area contributed by atoms with Crippen molar-refractivity contribution >= 4 is 21.8 Å². The van der Waals surface area contributed by atoms with Gasteiger partial charge >= 0.3 is 0 Å². The summed E-state index contributed by atoms with van der Waals surface area (Å²) < 4.78 is 5.67. The van der Waals surface area contributed by atoms with E-state index in [1.807, 2.05) is 4.90 Å². The van der Waals surface area contributed by atoms with E-state index in [0.717, 1.165) is 56.6 Å². The molecule has 0 spiro atoms. The van der Waals surface area contributed by atoms with Gasteiger partial charge in [0, 0.05) is 31.4 Å². The monoisotopic (exact) mass is 317 g/mol. The van der Waals surface area contributed by atoms with Gasteiger partial charge in [-0.05, 0) is 44.4 Å². The van der Waals surface area contributed by atoms with Crippen LogP contribution in [-0.2, 0) is 9.53 Å². The number of nitrogens with zero attached hydrogens (tertiary/aromatic N) is 1. The van der Waals surface area contributed by atoms with Gasteiger partial charge in [-0.25, -0.2) is 0 Å². The van der Waals surface area contributed by atoms with Crippen molar-refractivity contribution in [2.75, 3.05) is 25.0 Å². The molecule has 0 radical (unpaired) electrons. The fraction of sp³-hybridized carbons (Fsp3) is 0.929. The first-order valence-electron chi connectivity index (χ1n) is 7.25. The molecule has 0 bridgehead atoms. The molecule has 4 heteroatoms. The van der Waals surface area contributed by atoms with Crippen LogP contribution in [0.4, 0.5) is 0 Å². The van der Waals surface area contributed by atoms with Crippen LogP contribution >= 0.6 is 15.9 Å². The molecular weight excluding hydrogens is 294 g/mol. The summed E-state index contributed by atoms with van der Waals surface area (Å²) in [5, 5.41) is 1.07. The molecule has 0 aromatic heterocycles. The molecule has 1 amide bonds. The highest BCUT2D eigenvalue weighted by Crippen LogP contribution is 2.21. The van der Waals surface area contributed by atoms with Gasteiger partial charge in [-0.2, -0.15) is 0 Å². The van der Waals surface area contributed by atoms with Crippen LogP contribution < -0.4 is 0 Å². The van der Waals surface area contributed by atoms with Crippen LogP contribution in [0.15, 0.2) is 0 Å². The predicted molar refractivity (Wildman–Crippen MR) is 75.9 cm³/mol. The summed E-state index contributed by atoms with van der Waals surface area (Å²) in [4.78, 5) is 14.1. The van der Waals surface area contributed by atoms with Crippen molar-refractivity contribution in [1.29, 1.82) is 0 Å². The van der Waals surface area contributed by atoms with E-state index in [1.165, 1.54) is 12.8 Å². The molecule has 2 aliphatic rings. The number of piperidine rings is 1. The third-order valence-electron chi connectivity index (χ3n) is 4.14.